The molecule has 1 saturated heterocycles. The van der Waals surface area contributed by atoms with Crippen LogP contribution in [0, 0.1) is 5.92 Å². The summed E-state index contributed by atoms with van der Waals surface area (Å²) in [5, 5.41) is 3.40. The van der Waals surface area contributed by atoms with Crippen LogP contribution in [0.4, 0.5) is 5.82 Å². The maximum Gasteiger partial charge on any atom is 0.194 e. The number of hydrogen-bond donors (Lipinski definition) is 1. The number of rotatable bonds is 8. The molecule has 0 radical (unpaired) electrons. The zero-order valence-electron chi connectivity index (χ0n) is 16.4. The molecule has 0 aromatic carbocycles. The van der Waals surface area contributed by atoms with E-state index < -0.39 is 0 Å². The number of pyridine rings is 1. The van der Waals surface area contributed by atoms with Crippen molar-refractivity contribution in [2.75, 3.05) is 57.4 Å². The first kappa shape index (κ1) is 23.0. The molecule has 0 unspecified atom stereocenters. The fourth-order valence-electron chi connectivity index (χ4n) is 2.75. The van der Waals surface area contributed by atoms with Crippen molar-refractivity contribution < 1.29 is 4.74 Å². The lowest BCUT2D eigenvalue weighted by Crippen LogP contribution is -2.52. The van der Waals surface area contributed by atoms with E-state index in [0.717, 1.165) is 57.5 Å². The summed E-state index contributed by atoms with van der Waals surface area (Å²) in [7, 11) is 0. The standard InChI is InChI=1S/C19H33N5O.HI/c1-4-20-19(22-10-16-25-15-8-17(2)3)24-13-11-23(12-14-24)18-7-5-6-9-21-18;/h5-7,9,17H,4,8,10-16H2,1-3H3,(H,20,22);1H. The van der Waals surface area contributed by atoms with Crippen molar-refractivity contribution in [3.05, 3.63) is 24.4 Å². The number of ether oxygens (including phenoxy) is 1. The summed E-state index contributed by atoms with van der Waals surface area (Å²) < 4.78 is 5.67. The minimum absolute atomic E-state index is 0. The second-order valence-electron chi connectivity index (χ2n) is 6.69. The second-order valence-corrected chi connectivity index (χ2v) is 6.69. The monoisotopic (exact) mass is 475 g/mol. The number of hydrogen-bond acceptors (Lipinski definition) is 4. The molecule has 1 aromatic heterocycles. The van der Waals surface area contributed by atoms with Gasteiger partial charge in [0.1, 0.15) is 5.82 Å². The van der Waals surface area contributed by atoms with Gasteiger partial charge in [0.05, 0.1) is 13.2 Å². The maximum atomic E-state index is 5.67. The Labute approximate surface area is 175 Å². The van der Waals surface area contributed by atoms with Crippen molar-refractivity contribution in [1.29, 1.82) is 0 Å². The Morgan fingerprint density at radius 3 is 2.62 bits per heavy atom. The van der Waals surface area contributed by atoms with Gasteiger partial charge in [0, 0.05) is 45.5 Å². The van der Waals surface area contributed by atoms with Crippen molar-refractivity contribution in [3.8, 4) is 0 Å². The molecule has 1 fully saturated rings. The first-order valence-electron chi connectivity index (χ1n) is 9.47. The van der Waals surface area contributed by atoms with Crippen LogP contribution in [-0.2, 0) is 4.74 Å². The highest BCUT2D eigenvalue weighted by atomic mass is 127. The van der Waals surface area contributed by atoms with Gasteiger partial charge in [-0.25, -0.2) is 4.98 Å². The molecule has 2 rings (SSSR count). The Bertz CT molecular complexity index is 504. The lowest BCUT2D eigenvalue weighted by Gasteiger charge is -2.37. The average molecular weight is 475 g/mol. The van der Waals surface area contributed by atoms with Gasteiger partial charge in [-0.1, -0.05) is 19.9 Å². The van der Waals surface area contributed by atoms with Crippen LogP contribution < -0.4 is 10.2 Å². The molecular weight excluding hydrogens is 441 g/mol. The number of guanidine groups is 1. The van der Waals surface area contributed by atoms with Crippen LogP contribution in [0.25, 0.3) is 0 Å². The zero-order valence-corrected chi connectivity index (χ0v) is 18.7. The van der Waals surface area contributed by atoms with E-state index >= 15 is 0 Å². The highest BCUT2D eigenvalue weighted by molar-refractivity contribution is 14.0. The van der Waals surface area contributed by atoms with Crippen LogP contribution in [0.3, 0.4) is 0 Å². The molecule has 7 heteroatoms. The lowest BCUT2D eigenvalue weighted by atomic mass is 10.1. The van der Waals surface area contributed by atoms with Crippen molar-refractivity contribution in [2.45, 2.75) is 27.2 Å². The number of aliphatic imine (C=N–C) groups is 1. The third-order valence-electron chi connectivity index (χ3n) is 4.22. The van der Waals surface area contributed by atoms with Gasteiger partial charge in [-0.15, -0.1) is 24.0 Å². The molecule has 1 aliphatic rings. The van der Waals surface area contributed by atoms with Crippen molar-refractivity contribution in [2.24, 2.45) is 10.9 Å². The number of piperazine rings is 1. The molecule has 1 N–H and O–H groups in total. The third-order valence-corrected chi connectivity index (χ3v) is 4.22. The number of nitrogens with one attached hydrogen (secondary N) is 1. The summed E-state index contributed by atoms with van der Waals surface area (Å²) in [5.74, 6) is 2.74. The van der Waals surface area contributed by atoms with Gasteiger partial charge in [-0.3, -0.25) is 4.99 Å². The Morgan fingerprint density at radius 1 is 1.23 bits per heavy atom. The number of aromatic nitrogens is 1. The molecule has 0 atom stereocenters. The van der Waals surface area contributed by atoms with E-state index in [1.54, 1.807) is 0 Å². The molecule has 148 valence electrons. The van der Waals surface area contributed by atoms with Gasteiger partial charge >= 0.3 is 0 Å². The molecule has 0 amide bonds. The molecule has 1 aliphatic heterocycles. The first-order valence-corrected chi connectivity index (χ1v) is 9.47. The number of anilines is 1. The Morgan fingerprint density at radius 2 is 2.00 bits per heavy atom. The first-order chi connectivity index (χ1) is 12.2. The largest absolute Gasteiger partial charge is 0.380 e. The molecule has 0 bridgehead atoms. The summed E-state index contributed by atoms with van der Waals surface area (Å²) in [6.07, 6.45) is 2.96. The van der Waals surface area contributed by atoms with Crippen molar-refractivity contribution in [3.63, 3.8) is 0 Å². The van der Waals surface area contributed by atoms with Crippen LogP contribution in [-0.4, -0.2) is 68.3 Å². The molecule has 0 saturated carbocycles. The Balaban J connectivity index is 0.00000338. The fourth-order valence-corrected chi connectivity index (χ4v) is 2.75. The van der Waals surface area contributed by atoms with Crippen LogP contribution in [0.5, 0.6) is 0 Å². The SMILES string of the molecule is CCNC(=NCCOCCC(C)C)N1CCN(c2ccccn2)CC1.I. The Hall–Kier alpha value is -1.09. The van der Waals surface area contributed by atoms with Gasteiger partial charge in [0.25, 0.3) is 0 Å². The second kappa shape index (κ2) is 13.1. The average Bonchev–Trinajstić information content (AvgIpc) is 2.64. The van der Waals surface area contributed by atoms with E-state index in [1.165, 1.54) is 0 Å². The van der Waals surface area contributed by atoms with Crippen LogP contribution in [0.2, 0.25) is 0 Å². The summed E-state index contributed by atoms with van der Waals surface area (Å²) in [5.41, 5.74) is 0. The molecule has 1 aromatic rings. The fraction of sp³-hybridized carbons (Fsp3) is 0.684. The van der Waals surface area contributed by atoms with Crippen LogP contribution >= 0.6 is 24.0 Å². The predicted molar refractivity (Wildman–Crippen MR) is 120 cm³/mol. The number of nitrogens with zero attached hydrogens (tertiary/aromatic N) is 4. The topological polar surface area (TPSA) is 53.0 Å². The van der Waals surface area contributed by atoms with Gasteiger partial charge in [0.15, 0.2) is 5.96 Å². The summed E-state index contributed by atoms with van der Waals surface area (Å²) in [4.78, 5) is 13.8. The van der Waals surface area contributed by atoms with Crippen molar-refractivity contribution in [1.82, 2.24) is 15.2 Å². The number of halogens is 1. The molecule has 6 nitrogen and oxygen atoms in total. The minimum atomic E-state index is 0. The van der Waals surface area contributed by atoms with E-state index in [9.17, 15) is 0 Å². The lowest BCUT2D eigenvalue weighted by molar-refractivity contribution is 0.130. The molecule has 0 spiro atoms. The molecule has 0 aliphatic carbocycles. The van der Waals surface area contributed by atoms with Gasteiger partial charge < -0.3 is 19.9 Å². The zero-order chi connectivity index (χ0) is 17.9. The van der Waals surface area contributed by atoms with Crippen LogP contribution in [0.1, 0.15) is 27.2 Å². The maximum absolute atomic E-state index is 5.67. The summed E-state index contributed by atoms with van der Waals surface area (Å²) in [6.45, 7) is 13.5. The van der Waals surface area contributed by atoms with Crippen molar-refractivity contribution >= 4 is 35.8 Å². The normalized spacial score (nSPS) is 15.2. The van der Waals surface area contributed by atoms with E-state index in [1.807, 2.05) is 18.3 Å². The van der Waals surface area contributed by atoms with Gasteiger partial charge in [0.2, 0.25) is 0 Å². The van der Waals surface area contributed by atoms with Crippen LogP contribution in [0.15, 0.2) is 29.4 Å². The van der Waals surface area contributed by atoms with Gasteiger partial charge in [-0.05, 0) is 31.4 Å². The minimum Gasteiger partial charge on any atom is -0.380 e. The van der Waals surface area contributed by atoms with E-state index in [4.69, 9.17) is 9.73 Å². The summed E-state index contributed by atoms with van der Waals surface area (Å²) >= 11 is 0. The molecule has 26 heavy (non-hydrogen) atoms. The van der Waals surface area contributed by atoms with Gasteiger partial charge in [-0.2, -0.15) is 0 Å². The Kier molecular flexibility index (Phi) is 11.6. The smallest absolute Gasteiger partial charge is 0.194 e. The van der Waals surface area contributed by atoms with E-state index in [0.29, 0.717) is 19.1 Å². The molecule has 2 heterocycles. The third kappa shape index (κ3) is 8.07. The highest BCUT2D eigenvalue weighted by Crippen LogP contribution is 2.12. The van der Waals surface area contributed by atoms with E-state index in [2.05, 4.69) is 46.9 Å². The quantitative estimate of drug-likeness (QED) is 0.271. The highest BCUT2D eigenvalue weighted by Gasteiger charge is 2.20. The summed E-state index contributed by atoms with van der Waals surface area (Å²) in [6, 6.07) is 6.07. The van der Waals surface area contributed by atoms with E-state index in [-0.39, 0.29) is 24.0 Å². The molecular formula is C19H34IN5O. The predicted octanol–water partition coefficient (Wildman–Crippen LogP) is 2.85.